The quantitative estimate of drug-likeness (QED) is 0.803. The SMILES string of the molecule is Cn1cnc(CCNC(=O)c2cc(F)cnc2N)n1. The number of nitrogens with one attached hydrogen (secondary N) is 1. The minimum Gasteiger partial charge on any atom is -0.383 e. The molecule has 2 aromatic rings. The highest BCUT2D eigenvalue weighted by Gasteiger charge is 2.11. The number of pyridine rings is 1. The number of nitrogen functional groups attached to an aromatic ring is 1. The van der Waals surface area contributed by atoms with Crippen molar-refractivity contribution in [1.82, 2.24) is 25.1 Å². The van der Waals surface area contributed by atoms with Crippen molar-refractivity contribution in [2.75, 3.05) is 12.3 Å². The van der Waals surface area contributed by atoms with Crippen molar-refractivity contribution in [3.05, 3.63) is 35.8 Å². The average Bonchev–Trinajstić information content (AvgIpc) is 2.78. The number of halogens is 1. The second kappa shape index (κ2) is 5.42. The summed E-state index contributed by atoms with van der Waals surface area (Å²) in [4.78, 5) is 19.4. The molecule has 0 atom stereocenters. The van der Waals surface area contributed by atoms with Crippen molar-refractivity contribution >= 4 is 11.7 Å². The summed E-state index contributed by atoms with van der Waals surface area (Å²) in [5.41, 5.74) is 5.53. The van der Waals surface area contributed by atoms with Gasteiger partial charge in [-0.15, -0.1) is 0 Å². The van der Waals surface area contributed by atoms with Crippen molar-refractivity contribution < 1.29 is 9.18 Å². The van der Waals surface area contributed by atoms with E-state index >= 15 is 0 Å². The highest BCUT2D eigenvalue weighted by atomic mass is 19.1. The Kier molecular flexibility index (Phi) is 3.69. The molecule has 0 aliphatic carbocycles. The van der Waals surface area contributed by atoms with Crippen LogP contribution in [0, 0.1) is 5.82 Å². The Hall–Kier alpha value is -2.51. The Morgan fingerprint density at radius 1 is 1.53 bits per heavy atom. The predicted molar refractivity (Wildman–Crippen MR) is 65.6 cm³/mol. The minimum absolute atomic E-state index is 0.00476. The molecule has 0 spiro atoms. The third-order valence-corrected chi connectivity index (χ3v) is 2.41. The van der Waals surface area contributed by atoms with Gasteiger partial charge in [-0.2, -0.15) is 5.10 Å². The number of hydrogen-bond acceptors (Lipinski definition) is 5. The highest BCUT2D eigenvalue weighted by Crippen LogP contribution is 2.09. The highest BCUT2D eigenvalue weighted by molar-refractivity contribution is 5.98. The van der Waals surface area contributed by atoms with Gasteiger partial charge in [-0.1, -0.05) is 0 Å². The summed E-state index contributed by atoms with van der Waals surface area (Å²) in [7, 11) is 1.76. The summed E-state index contributed by atoms with van der Waals surface area (Å²) in [5, 5.41) is 6.68. The first-order valence-corrected chi connectivity index (χ1v) is 5.60. The normalized spacial score (nSPS) is 10.4. The number of hydrogen-bond donors (Lipinski definition) is 2. The standard InChI is InChI=1S/C11H13FN6O/c1-18-6-16-9(17-18)2-3-14-11(19)8-4-7(12)5-15-10(8)13/h4-6H,2-3H2,1H3,(H2,13,15)(H,14,19). The average molecular weight is 264 g/mol. The Bertz CT molecular complexity index is 597. The van der Waals surface area contributed by atoms with Crippen molar-refractivity contribution in [2.24, 2.45) is 7.05 Å². The van der Waals surface area contributed by atoms with Crippen molar-refractivity contribution in [1.29, 1.82) is 0 Å². The Labute approximate surface area is 108 Å². The van der Waals surface area contributed by atoms with Gasteiger partial charge in [0.2, 0.25) is 0 Å². The molecule has 0 radical (unpaired) electrons. The smallest absolute Gasteiger partial charge is 0.255 e. The van der Waals surface area contributed by atoms with Crippen LogP contribution in [-0.2, 0) is 13.5 Å². The zero-order chi connectivity index (χ0) is 13.8. The lowest BCUT2D eigenvalue weighted by Crippen LogP contribution is -2.27. The maximum atomic E-state index is 13.0. The monoisotopic (exact) mass is 264 g/mol. The second-order valence-electron chi connectivity index (χ2n) is 3.93. The minimum atomic E-state index is -0.606. The van der Waals surface area contributed by atoms with Crippen LogP contribution in [0.3, 0.4) is 0 Å². The molecule has 3 N–H and O–H groups in total. The van der Waals surface area contributed by atoms with Gasteiger partial charge >= 0.3 is 0 Å². The van der Waals surface area contributed by atoms with Crippen LogP contribution in [0.4, 0.5) is 10.2 Å². The number of carbonyl (C=O) groups is 1. The van der Waals surface area contributed by atoms with Gasteiger partial charge in [0, 0.05) is 20.0 Å². The van der Waals surface area contributed by atoms with E-state index < -0.39 is 11.7 Å². The van der Waals surface area contributed by atoms with Gasteiger partial charge < -0.3 is 11.1 Å². The first kappa shape index (κ1) is 12.9. The lowest BCUT2D eigenvalue weighted by Gasteiger charge is -2.05. The van der Waals surface area contributed by atoms with Gasteiger partial charge in [-0.05, 0) is 6.07 Å². The molecule has 0 bridgehead atoms. The molecule has 0 saturated carbocycles. The fraction of sp³-hybridized carbons (Fsp3) is 0.273. The summed E-state index contributed by atoms with van der Waals surface area (Å²) >= 11 is 0. The Balaban J connectivity index is 1.92. The number of aryl methyl sites for hydroxylation is 1. The van der Waals surface area contributed by atoms with Crippen molar-refractivity contribution in [2.45, 2.75) is 6.42 Å². The molecule has 100 valence electrons. The zero-order valence-electron chi connectivity index (χ0n) is 10.3. The molecule has 2 heterocycles. The number of aromatic nitrogens is 4. The molecule has 2 aromatic heterocycles. The zero-order valence-corrected chi connectivity index (χ0v) is 10.3. The predicted octanol–water partition coefficient (Wildman–Crippen LogP) is -0.0961. The summed E-state index contributed by atoms with van der Waals surface area (Å²) in [6.45, 7) is 0.332. The summed E-state index contributed by atoms with van der Waals surface area (Å²) < 4.78 is 14.6. The Morgan fingerprint density at radius 2 is 2.32 bits per heavy atom. The number of nitrogens with zero attached hydrogens (tertiary/aromatic N) is 4. The van der Waals surface area contributed by atoms with Gasteiger partial charge in [0.1, 0.15) is 18.0 Å². The van der Waals surface area contributed by atoms with E-state index in [1.54, 1.807) is 18.1 Å². The molecule has 0 fully saturated rings. The van der Waals surface area contributed by atoms with Gasteiger partial charge in [0.15, 0.2) is 5.82 Å². The fourth-order valence-electron chi connectivity index (χ4n) is 1.51. The number of nitrogens with two attached hydrogens (primary N) is 1. The van der Waals surface area contributed by atoms with Gasteiger partial charge in [-0.25, -0.2) is 14.4 Å². The Morgan fingerprint density at radius 3 is 3.00 bits per heavy atom. The van der Waals surface area contributed by atoms with Crippen LogP contribution < -0.4 is 11.1 Å². The van der Waals surface area contributed by atoms with E-state index in [0.717, 1.165) is 12.3 Å². The number of rotatable bonds is 4. The molecule has 19 heavy (non-hydrogen) atoms. The van der Waals surface area contributed by atoms with Crippen LogP contribution in [0.1, 0.15) is 16.2 Å². The molecule has 0 aromatic carbocycles. The van der Waals surface area contributed by atoms with Crippen LogP contribution >= 0.6 is 0 Å². The maximum absolute atomic E-state index is 13.0. The van der Waals surface area contributed by atoms with E-state index in [2.05, 4.69) is 20.4 Å². The third-order valence-electron chi connectivity index (χ3n) is 2.41. The van der Waals surface area contributed by atoms with Gasteiger partial charge in [-0.3, -0.25) is 9.48 Å². The number of carbonyl (C=O) groups excluding carboxylic acids is 1. The fourth-order valence-corrected chi connectivity index (χ4v) is 1.51. The van der Waals surface area contributed by atoms with Crippen LogP contribution in [0.15, 0.2) is 18.6 Å². The van der Waals surface area contributed by atoms with E-state index in [1.165, 1.54) is 0 Å². The maximum Gasteiger partial charge on any atom is 0.255 e. The molecule has 8 heteroatoms. The molecule has 0 saturated heterocycles. The molecule has 0 unspecified atom stereocenters. The van der Waals surface area contributed by atoms with Crippen LogP contribution in [0.25, 0.3) is 0 Å². The van der Waals surface area contributed by atoms with E-state index in [9.17, 15) is 9.18 Å². The number of amides is 1. The molecule has 7 nitrogen and oxygen atoms in total. The lowest BCUT2D eigenvalue weighted by atomic mass is 10.2. The molecule has 0 aliphatic heterocycles. The summed E-state index contributed by atoms with van der Waals surface area (Å²) in [6.07, 6.45) is 3.02. The summed E-state index contributed by atoms with van der Waals surface area (Å²) in [6, 6.07) is 1.05. The van der Waals surface area contributed by atoms with Gasteiger partial charge in [0.25, 0.3) is 5.91 Å². The van der Waals surface area contributed by atoms with E-state index in [4.69, 9.17) is 5.73 Å². The second-order valence-corrected chi connectivity index (χ2v) is 3.93. The van der Waals surface area contributed by atoms with E-state index in [1.807, 2.05) is 0 Å². The topological polar surface area (TPSA) is 98.7 Å². The van der Waals surface area contributed by atoms with E-state index in [-0.39, 0.29) is 11.4 Å². The summed E-state index contributed by atoms with van der Waals surface area (Å²) in [5.74, 6) is -0.464. The molecule has 1 amide bonds. The number of anilines is 1. The van der Waals surface area contributed by atoms with Crippen LogP contribution in [0.2, 0.25) is 0 Å². The van der Waals surface area contributed by atoms with Crippen molar-refractivity contribution in [3.63, 3.8) is 0 Å². The van der Waals surface area contributed by atoms with Crippen LogP contribution in [-0.4, -0.2) is 32.2 Å². The van der Waals surface area contributed by atoms with Gasteiger partial charge in [0.05, 0.1) is 11.8 Å². The molecule has 2 rings (SSSR count). The van der Waals surface area contributed by atoms with Crippen molar-refractivity contribution in [3.8, 4) is 0 Å². The lowest BCUT2D eigenvalue weighted by molar-refractivity contribution is 0.0954. The largest absolute Gasteiger partial charge is 0.383 e. The first-order chi connectivity index (χ1) is 9.06. The van der Waals surface area contributed by atoms with E-state index in [0.29, 0.717) is 18.8 Å². The molecule has 0 aliphatic rings. The van der Waals surface area contributed by atoms with Crippen LogP contribution in [0.5, 0.6) is 0 Å². The molecular formula is C11H13FN6O. The third kappa shape index (κ3) is 3.24. The molecular weight excluding hydrogens is 251 g/mol. The first-order valence-electron chi connectivity index (χ1n) is 5.60.